The van der Waals surface area contributed by atoms with E-state index in [0.29, 0.717) is 37.2 Å². The van der Waals surface area contributed by atoms with E-state index in [0.717, 1.165) is 17.1 Å². The summed E-state index contributed by atoms with van der Waals surface area (Å²) in [4.78, 5) is 12.4. The predicted octanol–water partition coefficient (Wildman–Crippen LogP) is 2.64. The Kier molecular flexibility index (Phi) is 7.06. The number of fused-ring (bicyclic) bond motifs is 1. The van der Waals surface area contributed by atoms with E-state index >= 15 is 0 Å². The summed E-state index contributed by atoms with van der Waals surface area (Å²) in [5.74, 6) is 2.30. The van der Waals surface area contributed by atoms with Gasteiger partial charge in [0.05, 0.1) is 25.4 Å². The molecular formula is C22H24N4O4S. The first-order valence-electron chi connectivity index (χ1n) is 10.00. The van der Waals surface area contributed by atoms with Crippen LogP contribution in [0.3, 0.4) is 0 Å². The molecule has 8 nitrogen and oxygen atoms in total. The molecular weight excluding hydrogens is 416 g/mol. The average molecular weight is 441 g/mol. The highest BCUT2D eigenvalue weighted by Crippen LogP contribution is 2.30. The van der Waals surface area contributed by atoms with Gasteiger partial charge in [0.15, 0.2) is 22.5 Å². The summed E-state index contributed by atoms with van der Waals surface area (Å²) in [6.07, 6.45) is -0.223. The van der Waals surface area contributed by atoms with Gasteiger partial charge in [-0.05, 0) is 12.1 Å². The van der Waals surface area contributed by atoms with Gasteiger partial charge in [0, 0.05) is 12.7 Å². The molecule has 2 aromatic carbocycles. The van der Waals surface area contributed by atoms with Gasteiger partial charge in [0.25, 0.3) is 0 Å². The molecule has 1 aromatic heterocycles. The number of thioether (sulfide) groups is 1. The van der Waals surface area contributed by atoms with E-state index in [1.54, 1.807) is 7.11 Å². The molecule has 1 atom stereocenters. The van der Waals surface area contributed by atoms with Crippen LogP contribution in [0.2, 0.25) is 0 Å². The van der Waals surface area contributed by atoms with Crippen LogP contribution in [0.4, 0.5) is 0 Å². The fourth-order valence-corrected chi connectivity index (χ4v) is 3.95. The minimum Gasteiger partial charge on any atom is -0.486 e. The Balaban J connectivity index is 1.32. The largest absolute Gasteiger partial charge is 0.486 e. The van der Waals surface area contributed by atoms with Gasteiger partial charge in [-0.15, -0.1) is 10.2 Å². The maximum absolute atomic E-state index is 12.4. The summed E-state index contributed by atoms with van der Waals surface area (Å²) < 4.78 is 18.8. The Morgan fingerprint density at radius 3 is 2.74 bits per heavy atom. The van der Waals surface area contributed by atoms with Crippen molar-refractivity contribution in [3.63, 3.8) is 0 Å². The number of carbonyl (C=O) groups is 1. The van der Waals surface area contributed by atoms with Crippen LogP contribution in [0, 0.1) is 0 Å². The van der Waals surface area contributed by atoms with Gasteiger partial charge in [-0.3, -0.25) is 9.36 Å². The zero-order valence-electron chi connectivity index (χ0n) is 17.2. The molecule has 0 fully saturated rings. The number of methoxy groups -OCH3 is 1. The lowest BCUT2D eigenvalue weighted by Gasteiger charge is -2.26. The fraction of sp³-hybridized carbons (Fsp3) is 0.318. The molecule has 0 radical (unpaired) electrons. The molecule has 0 aliphatic carbocycles. The lowest BCUT2D eigenvalue weighted by Crippen LogP contribution is -2.41. The van der Waals surface area contributed by atoms with Crippen LogP contribution in [0.1, 0.15) is 0 Å². The number of carbonyl (C=O) groups excluding carboxylic acids is 1. The zero-order valence-corrected chi connectivity index (χ0v) is 18.0. The van der Waals surface area contributed by atoms with Gasteiger partial charge < -0.3 is 19.5 Å². The SMILES string of the molecule is COCCn1c(SCC(=O)NCC2COc3ccccc3O2)nnc1-c1ccccc1. The smallest absolute Gasteiger partial charge is 0.230 e. The number of hydrogen-bond acceptors (Lipinski definition) is 7. The number of aromatic nitrogens is 3. The van der Waals surface area contributed by atoms with E-state index in [1.807, 2.05) is 59.2 Å². The van der Waals surface area contributed by atoms with Gasteiger partial charge in [-0.25, -0.2) is 0 Å². The number of para-hydroxylation sites is 2. The fourth-order valence-electron chi connectivity index (χ4n) is 3.15. The van der Waals surface area contributed by atoms with E-state index in [4.69, 9.17) is 14.2 Å². The molecule has 162 valence electrons. The first-order chi connectivity index (χ1) is 15.2. The van der Waals surface area contributed by atoms with Crippen molar-refractivity contribution in [2.24, 2.45) is 0 Å². The van der Waals surface area contributed by atoms with Crippen LogP contribution >= 0.6 is 11.8 Å². The van der Waals surface area contributed by atoms with E-state index in [2.05, 4.69) is 15.5 Å². The third-order valence-electron chi connectivity index (χ3n) is 4.69. The monoisotopic (exact) mass is 440 g/mol. The molecule has 2 heterocycles. The summed E-state index contributed by atoms with van der Waals surface area (Å²) in [6, 6.07) is 17.4. The predicted molar refractivity (Wildman–Crippen MR) is 117 cm³/mol. The van der Waals surface area contributed by atoms with Gasteiger partial charge in [0.2, 0.25) is 5.91 Å². The summed E-state index contributed by atoms with van der Waals surface area (Å²) in [6.45, 7) is 1.90. The molecule has 0 bridgehead atoms. The van der Waals surface area contributed by atoms with Crippen molar-refractivity contribution < 1.29 is 19.0 Å². The third-order valence-corrected chi connectivity index (χ3v) is 5.66. The molecule has 0 spiro atoms. The van der Waals surface area contributed by atoms with Crippen LogP contribution < -0.4 is 14.8 Å². The van der Waals surface area contributed by atoms with Crippen molar-refractivity contribution in [3.8, 4) is 22.9 Å². The molecule has 1 unspecified atom stereocenters. The van der Waals surface area contributed by atoms with Gasteiger partial charge in [-0.1, -0.05) is 54.2 Å². The molecule has 1 aliphatic rings. The highest BCUT2D eigenvalue weighted by molar-refractivity contribution is 7.99. The molecule has 1 N–H and O–H groups in total. The van der Waals surface area contributed by atoms with Crippen LogP contribution in [-0.2, 0) is 16.1 Å². The quantitative estimate of drug-likeness (QED) is 0.512. The zero-order chi connectivity index (χ0) is 21.5. The van der Waals surface area contributed by atoms with E-state index < -0.39 is 0 Å². The number of benzene rings is 2. The number of nitrogens with zero attached hydrogens (tertiary/aromatic N) is 3. The van der Waals surface area contributed by atoms with Crippen LogP contribution in [0.15, 0.2) is 59.8 Å². The Bertz CT molecular complexity index is 1010. The van der Waals surface area contributed by atoms with Gasteiger partial charge >= 0.3 is 0 Å². The van der Waals surface area contributed by atoms with Crippen molar-refractivity contribution in [3.05, 3.63) is 54.6 Å². The Labute approximate surface area is 184 Å². The lowest BCUT2D eigenvalue weighted by molar-refractivity contribution is -0.119. The van der Waals surface area contributed by atoms with Gasteiger partial charge in [-0.2, -0.15) is 0 Å². The van der Waals surface area contributed by atoms with Crippen molar-refractivity contribution >= 4 is 17.7 Å². The van der Waals surface area contributed by atoms with Gasteiger partial charge in [0.1, 0.15) is 12.7 Å². The lowest BCUT2D eigenvalue weighted by atomic mass is 10.2. The van der Waals surface area contributed by atoms with Crippen molar-refractivity contribution in [1.29, 1.82) is 0 Å². The molecule has 0 saturated heterocycles. The first-order valence-corrected chi connectivity index (χ1v) is 11.0. The molecule has 1 aliphatic heterocycles. The van der Waals surface area contributed by atoms with E-state index in [1.165, 1.54) is 11.8 Å². The highest BCUT2D eigenvalue weighted by atomic mass is 32.2. The topological polar surface area (TPSA) is 87.5 Å². The molecule has 3 aromatic rings. The summed E-state index contributed by atoms with van der Waals surface area (Å²) in [5.41, 5.74) is 0.970. The molecule has 4 rings (SSSR count). The standard InChI is InChI=1S/C22H24N4O4S/c1-28-12-11-26-21(16-7-3-2-4-8-16)24-25-22(26)31-15-20(27)23-13-17-14-29-18-9-5-6-10-19(18)30-17/h2-10,17H,11-15H2,1H3,(H,23,27). The number of hydrogen-bond donors (Lipinski definition) is 1. The number of ether oxygens (including phenoxy) is 3. The minimum atomic E-state index is -0.223. The first kappa shape index (κ1) is 21.2. The third kappa shape index (κ3) is 5.36. The molecule has 9 heteroatoms. The summed E-state index contributed by atoms with van der Waals surface area (Å²) >= 11 is 1.35. The van der Waals surface area contributed by atoms with E-state index in [9.17, 15) is 4.79 Å². The van der Waals surface area contributed by atoms with Crippen LogP contribution in [0.5, 0.6) is 11.5 Å². The van der Waals surface area contributed by atoms with Crippen molar-refractivity contribution in [1.82, 2.24) is 20.1 Å². The second kappa shape index (κ2) is 10.3. The molecule has 1 amide bonds. The maximum Gasteiger partial charge on any atom is 0.230 e. The minimum absolute atomic E-state index is 0.102. The molecule has 31 heavy (non-hydrogen) atoms. The van der Waals surface area contributed by atoms with Crippen molar-refractivity contribution in [2.75, 3.05) is 32.6 Å². The normalized spacial score (nSPS) is 14.9. The number of rotatable bonds is 9. The van der Waals surface area contributed by atoms with Crippen LogP contribution in [0.25, 0.3) is 11.4 Å². The Morgan fingerprint density at radius 2 is 1.94 bits per heavy atom. The Morgan fingerprint density at radius 1 is 1.16 bits per heavy atom. The number of amides is 1. The van der Waals surface area contributed by atoms with E-state index in [-0.39, 0.29) is 17.8 Å². The number of nitrogens with one attached hydrogen (secondary N) is 1. The summed E-state index contributed by atoms with van der Waals surface area (Å²) in [5, 5.41) is 12.2. The molecule has 0 saturated carbocycles. The maximum atomic E-state index is 12.4. The van der Waals surface area contributed by atoms with Crippen molar-refractivity contribution in [2.45, 2.75) is 17.8 Å². The second-order valence-electron chi connectivity index (χ2n) is 6.91. The second-order valence-corrected chi connectivity index (χ2v) is 7.85. The van der Waals surface area contributed by atoms with Crippen LogP contribution in [-0.4, -0.2) is 59.4 Å². The summed E-state index contributed by atoms with van der Waals surface area (Å²) in [7, 11) is 1.66. The Hall–Kier alpha value is -3.04. The average Bonchev–Trinajstić information content (AvgIpc) is 3.23. The highest BCUT2D eigenvalue weighted by Gasteiger charge is 2.21.